The second-order valence-electron chi connectivity index (χ2n) is 1.63. The summed E-state index contributed by atoms with van der Waals surface area (Å²) in [5, 5.41) is 0. The van der Waals surface area contributed by atoms with E-state index in [9.17, 15) is 18.0 Å². The topological polar surface area (TPSA) is 26.3 Å². The minimum Gasteiger partial charge on any atom is -0.463 e. The van der Waals surface area contributed by atoms with Crippen molar-refractivity contribution in [3.8, 4) is 0 Å². The molecular weight excluding hydrogens is 165 g/mol. The van der Waals surface area contributed by atoms with E-state index in [1.54, 1.807) is 0 Å². The molecule has 0 aliphatic rings. The summed E-state index contributed by atoms with van der Waals surface area (Å²) in [6, 6.07) is 0. The Morgan fingerprint density at radius 3 is 2.45 bits per heavy atom. The molecule has 0 N–H and O–H groups in total. The molecular formula is C6H7F3O2. The third-order valence-corrected chi connectivity index (χ3v) is 0.695. The maximum atomic E-state index is 11.4. The van der Waals surface area contributed by atoms with Crippen molar-refractivity contribution in [2.24, 2.45) is 0 Å². The van der Waals surface area contributed by atoms with Crippen LogP contribution in [0.5, 0.6) is 0 Å². The van der Waals surface area contributed by atoms with Gasteiger partial charge in [-0.3, -0.25) is 0 Å². The lowest BCUT2D eigenvalue weighted by molar-refractivity contribution is -0.137. The Bertz CT molecular complexity index is 160. The lowest BCUT2D eigenvalue weighted by atomic mass is 10.7. The van der Waals surface area contributed by atoms with E-state index in [0.717, 1.165) is 0 Å². The molecule has 0 spiro atoms. The van der Waals surface area contributed by atoms with E-state index in [0.29, 0.717) is 6.08 Å². The van der Waals surface area contributed by atoms with Crippen LogP contribution in [0.4, 0.5) is 13.2 Å². The molecule has 0 amide bonds. The van der Waals surface area contributed by atoms with Gasteiger partial charge in [0.05, 0.1) is 6.61 Å². The minimum absolute atomic E-state index is 0.0705. The Labute approximate surface area is 61.6 Å². The summed E-state index contributed by atoms with van der Waals surface area (Å²) in [7, 11) is 0. The van der Waals surface area contributed by atoms with Crippen LogP contribution < -0.4 is 0 Å². The average Bonchev–Trinajstić information content (AvgIpc) is 1.83. The fourth-order valence-corrected chi connectivity index (χ4v) is 0.353. The molecule has 11 heavy (non-hydrogen) atoms. The lowest BCUT2D eigenvalue weighted by Gasteiger charge is -1.97. The number of carbonyl (C=O) groups excluding carboxylic acids is 1. The molecule has 0 aromatic rings. The molecule has 0 aliphatic carbocycles. The number of alkyl halides is 3. The van der Waals surface area contributed by atoms with Crippen LogP contribution in [0.25, 0.3) is 0 Å². The van der Waals surface area contributed by atoms with Crippen LogP contribution in [0.1, 0.15) is 6.92 Å². The number of allylic oxidation sites excluding steroid dienone is 1. The van der Waals surface area contributed by atoms with Gasteiger partial charge in [-0.15, -0.1) is 0 Å². The molecule has 0 aromatic heterocycles. The van der Waals surface area contributed by atoms with Gasteiger partial charge < -0.3 is 4.74 Å². The van der Waals surface area contributed by atoms with Crippen molar-refractivity contribution in [2.45, 2.75) is 13.1 Å². The van der Waals surface area contributed by atoms with Crippen LogP contribution in [0.15, 0.2) is 12.2 Å². The first-order valence-electron chi connectivity index (χ1n) is 2.88. The Kier molecular flexibility index (Phi) is 3.64. The fourth-order valence-electron chi connectivity index (χ4n) is 0.353. The maximum Gasteiger partial charge on any atom is 0.410 e. The standard InChI is InChI=1S/C6H7F3O2/c1-2-11-5(10)3-4-6(7,8)9/h3-4H,2H2,1H3/b4-3+/i1+1,2+1,3+1,5+1. The summed E-state index contributed by atoms with van der Waals surface area (Å²) in [5.41, 5.74) is 0. The monoisotopic (exact) mass is 172 g/mol. The summed E-state index contributed by atoms with van der Waals surface area (Å²) in [6.07, 6.45) is -4.26. The Morgan fingerprint density at radius 1 is 1.55 bits per heavy atom. The predicted octanol–water partition coefficient (Wildman–Crippen LogP) is 1.67. The van der Waals surface area contributed by atoms with Crippen LogP contribution in [-0.2, 0) is 9.53 Å². The number of halogens is 3. The summed E-state index contributed by atoms with van der Waals surface area (Å²) >= 11 is 0. The number of hydrogen-bond acceptors (Lipinski definition) is 2. The Morgan fingerprint density at radius 2 is 2.09 bits per heavy atom. The van der Waals surface area contributed by atoms with Gasteiger partial charge in [0.15, 0.2) is 0 Å². The molecule has 0 saturated heterocycles. The van der Waals surface area contributed by atoms with Crippen LogP contribution in [0, 0.1) is 0 Å². The van der Waals surface area contributed by atoms with E-state index in [4.69, 9.17) is 0 Å². The molecule has 0 fully saturated rings. The Hall–Kier alpha value is -1.00. The molecule has 2 nitrogen and oxygen atoms in total. The van der Waals surface area contributed by atoms with Gasteiger partial charge in [0.25, 0.3) is 0 Å². The van der Waals surface area contributed by atoms with E-state index in [2.05, 4.69) is 4.74 Å². The van der Waals surface area contributed by atoms with Gasteiger partial charge in [0.1, 0.15) is 0 Å². The normalized spacial score (nSPS) is 12.0. The van der Waals surface area contributed by atoms with Gasteiger partial charge >= 0.3 is 12.1 Å². The quantitative estimate of drug-likeness (QED) is 0.359. The smallest absolute Gasteiger partial charge is 0.410 e. The molecule has 0 aliphatic heterocycles. The molecule has 0 heterocycles. The largest absolute Gasteiger partial charge is 0.463 e. The highest BCUT2D eigenvalue weighted by atomic mass is 19.4. The number of carbonyl (C=O) groups is 1. The predicted molar refractivity (Wildman–Crippen MR) is 31.8 cm³/mol. The minimum atomic E-state index is -4.45. The Balaban J connectivity index is 3.83. The first kappa shape index (κ1) is 10.0. The summed E-state index contributed by atoms with van der Waals surface area (Å²) in [4.78, 5) is 10.3. The van der Waals surface area contributed by atoms with Crippen molar-refractivity contribution < 1.29 is 22.7 Å². The highest BCUT2D eigenvalue weighted by Crippen LogP contribution is 2.15. The second-order valence-corrected chi connectivity index (χ2v) is 1.63. The molecule has 5 heteroatoms. The van der Waals surface area contributed by atoms with Crippen molar-refractivity contribution in [2.75, 3.05) is 6.61 Å². The number of esters is 1. The van der Waals surface area contributed by atoms with E-state index in [-0.39, 0.29) is 12.7 Å². The zero-order valence-corrected chi connectivity index (χ0v) is 5.81. The third-order valence-electron chi connectivity index (χ3n) is 0.695. The summed E-state index contributed by atoms with van der Waals surface area (Å²) < 4.78 is 38.3. The van der Waals surface area contributed by atoms with Crippen LogP contribution in [0.2, 0.25) is 0 Å². The zero-order chi connectivity index (χ0) is 8.91. The van der Waals surface area contributed by atoms with Crippen LogP contribution in [0.3, 0.4) is 0 Å². The van der Waals surface area contributed by atoms with E-state index in [1.807, 2.05) is 0 Å². The first-order chi connectivity index (χ1) is 4.95. The number of rotatable bonds is 2. The van der Waals surface area contributed by atoms with Gasteiger partial charge in [-0.05, 0) is 6.92 Å². The van der Waals surface area contributed by atoms with E-state index >= 15 is 0 Å². The van der Waals surface area contributed by atoms with Gasteiger partial charge in [-0.1, -0.05) is 0 Å². The summed E-state index contributed by atoms with van der Waals surface area (Å²) in [5.74, 6) is -0.982. The zero-order valence-electron chi connectivity index (χ0n) is 5.81. The maximum absolute atomic E-state index is 11.4. The van der Waals surface area contributed by atoms with Crippen molar-refractivity contribution in [1.29, 1.82) is 0 Å². The van der Waals surface area contributed by atoms with Crippen molar-refractivity contribution >= 4 is 5.97 Å². The second kappa shape index (κ2) is 4.00. The van der Waals surface area contributed by atoms with Crippen LogP contribution in [-0.4, -0.2) is 18.8 Å². The molecule has 0 aromatic carbocycles. The number of hydrogen-bond donors (Lipinski definition) is 0. The number of ether oxygens (including phenoxy) is 1. The fraction of sp³-hybridized carbons (Fsp3) is 0.500. The highest BCUT2D eigenvalue weighted by Gasteiger charge is 2.22. The molecule has 0 radical (unpaired) electrons. The lowest BCUT2D eigenvalue weighted by Crippen LogP contribution is -2.05. The SMILES string of the molecule is [13CH3][13CH2]O[13C](=O)/[13CH]=C/C(F)(F)F. The van der Waals surface area contributed by atoms with Crippen molar-refractivity contribution in [3.63, 3.8) is 0 Å². The van der Waals surface area contributed by atoms with Gasteiger partial charge in [0, 0.05) is 12.2 Å². The average molecular weight is 172 g/mol. The van der Waals surface area contributed by atoms with E-state index in [1.165, 1.54) is 6.92 Å². The van der Waals surface area contributed by atoms with Crippen molar-refractivity contribution in [1.82, 2.24) is 0 Å². The van der Waals surface area contributed by atoms with Crippen LogP contribution >= 0.6 is 0 Å². The van der Waals surface area contributed by atoms with Crippen molar-refractivity contribution in [3.05, 3.63) is 12.2 Å². The first-order valence-corrected chi connectivity index (χ1v) is 2.88. The highest BCUT2D eigenvalue weighted by molar-refractivity contribution is 5.81. The molecule has 0 atom stereocenters. The third kappa shape index (κ3) is 6.89. The molecule has 64 valence electrons. The van der Waals surface area contributed by atoms with E-state index < -0.39 is 12.1 Å². The van der Waals surface area contributed by atoms with Gasteiger partial charge in [0.2, 0.25) is 0 Å². The summed E-state index contributed by atoms with van der Waals surface area (Å²) in [6.45, 7) is 1.58. The molecule has 0 unspecified atom stereocenters. The molecule has 0 saturated carbocycles. The molecule has 0 rings (SSSR count). The van der Waals surface area contributed by atoms with Gasteiger partial charge in [-0.25, -0.2) is 4.79 Å². The van der Waals surface area contributed by atoms with Gasteiger partial charge in [-0.2, -0.15) is 13.2 Å². The molecule has 0 bridgehead atoms.